The molecule has 19 heavy (non-hydrogen) atoms. The van der Waals surface area contributed by atoms with Gasteiger partial charge in [-0.1, -0.05) is 36.4 Å². The summed E-state index contributed by atoms with van der Waals surface area (Å²) >= 11 is 0. The van der Waals surface area contributed by atoms with E-state index in [1.807, 2.05) is 24.3 Å². The van der Waals surface area contributed by atoms with Crippen molar-refractivity contribution in [2.24, 2.45) is 0 Å². The van der Waals surface area contributed by atoms with Gasteiger partial charge >= 0.3 is 6.16 Å². The first kappa shape index (κ1) is 13.0. The van der Waals surface area contributed by atoms with Gasteiger partial charge < -0.3 is 14.2 Å². The molecule has 0 bridgehead atoms. The van der Waals surface area contributed by atoms with E-state index in [2.05, 4.69) is 0 Å². The lowest BCUT2D eigenvalue weighted by atomic mass is 10.2. The zero-order valence-corrected chi connectivity index (χ0v) is 10.5. The highest BCUT2D eigenvalue weighted by Crippen LogP contribution is 2.18. The maximum absolute atomic E-state index is 11.5. The zero-order valence-electron chi connectivity index (χ0n) is 10.5. The van der Waals surface area contributed by atoms with Gasteiger partial charge in [-0.05, 0) is 18.2 Å². The van der Waals surface area contributed by atoms with Crippen LogP contribution in [-0.4, -0.2) is 13.3 Å². The molecule has 0 fully saturated rings. The van der Waals surface area contributed by atoms with Crippen molar-refractivity contribution in [3.05, 3.63) is 60.2 Å². The van der Waals surface area contributed by atoms with Gasteiger partial charge in [-0.15, -0.1) is 0 Å². The van der Waals surface area contributed by atoms with Gasteiger partial charge in [0.05, 0.1) is 7.11 Å². The molecule has 0 saturated carbocycles. The smallest absolute Gasteiger partial charge is 0.496 e. The maximum Gasteiger partial charge on any atom is 0.514 e. The fourth-order valence-electron chi connectivity index (χ4n) is 1.57. The van der Waals surface area contributed by atoms with Crippen molar-refractivity contribution in [2.45, 2.75) is 6.61 Å². The number of carbonyl (C=O) groups excluding carboxylic acids is 1. The molecule has 0 heterocycles. The molecule has 0 atom stereocenters. The normalized spacial score (nSPS) is 9.74. The van der Waals surface area contributed by atoms with Crippen molar-refractivity contribution in [3.8, 4) is 11.5 Å². The summed E-state index contributed by atoms with van der Waals surface area (Å²) in [7, 11) is 1.57. The lowest BCUT2D eigenvalue weighted by Crippen LogP contribution is -2.10. The fourth-order valence-corrected chi connectivity index (χ4v) is 1.57. The maximum atomic E-state index is 11.5. The lowest BCUT2D eigenvalue weighted by molar-refractivity contribution is 0.0921. The first-order valence-corrected chi connectivity index (χ1v) is 5.81. The van der Waals surface area contributed by atoms with Crippen LogP contribution < -0.4 is 9.47 Å². The Morgan fingerprint density at radius 2 is 1.68 bits per heavy atom. The molecule has 0 aromatic heterocycles. The lowest BCUT2D eigenvalue weighted by Gasteiger charge is -2.09. The van der Waals surface area contributed by atoms with Crippen LogP contribution in [0, 0.1) is 0 Å². The van der Waals surface area contributed by atoms with Crippen molar-refractivity contribution in [1.82, 2.24) is 0 Å². The van der Waals surface area contributed by atoms with Gasteiger partial charge in [0.1, 0.15) is 18.1 Å². The Hall–Kier alpha value is -2.49. The van der Waals surface area contributed by atoms with E-state index in [9.17, 15) is 4.79 Å². The predicted octanol–water partition coefficient (Wildman–Crippen LogP) is 3.41. The van der Waals surface area contributed by atoms with Crippen LogP contribution in [0.4, 0.5) is 4.79 Å². The van der Waals surface area contributed by atoms with Gasteiger partial charge in [-0.25, -0.2) is 4.79 Å². The van der Waals surface area contributed by atoms with Crippen LogP contribution in [0.2, 0.25) is 0 Å². The summed E-state index contributed by atoms with van der Waals surface area (Å²) in [5.41, 5.74) is 0.787. The van der Waals surface area contributed by atoms with Crippen molar-refractivity contribution in [1.29, 1.82) is 0 Å². The fraction of sp³-hybridized carbons (Fsp3) is 0.133. The van der Waals surface area contributed by atoms with Crippen LogP contribution in [0.15, 0.2) is 54.6 Å². The van der Waals surface area contributed by atoms with E-state index in [1.54, 1.807) is 37.4 Å². The molecule has 0 spiro atoms. The molecule has 0 radical (unpaired) electrons. The third-order valence-corrected chi connectivity index (χ3v) is 2.48. The van der Waals surface area contributed by atoms with Gasteiger partial charge in [0.25, 0.3) is 0 Å². The number of hydrogen-bond donors (Lipinski definition) is 0. The second kappa shape index (κ2) is 6.44. The molecule has 0 amide bonds. The monoisotopic (exact) mass is 258 g/mol. The molecule has 2 rings (SSSR count). The Labute approximate surface area is 111 Å². The summed E-state index contributed by atoms with van der Waals surface area (Å²) in [5.74, 6) is 1.13. The van der Waals surface area contributed by atoms with E-state index in [0.29, 0.717) is 11.5 Å². The number of ether oxygens (including phenoxy) is 3. The molecule has 0 unspecified atom stereocenters. The Morgan fingerprint density at radius 3 is 2.42 bits per heavy atom. The van der Waals surface area contributed by atoms with Crippen molar-refractivity contribution in [3.63, 3.8) is 0 Å². The van der Waals surface area contributed by atoms with Crippen LogP contribution in [0.3, 0.4) is 0 Å². The number of methoxy groups -OCH3 is 1. The average molecular weight is 258 g/mol. The molecule has 0 saturated heterocycles. The molecular formula is C15H14O4. The minimum absolute atomic E-state index is 0.107. The van der Waals surface area contributed by atoms with Crippen LogP contribution >= 0.6 is 0 Å². The van der Waals surface area contributed by atoms with E-state index in [-0.39, 0.29) is 6.61 Å². The first-order chi connectivity index (χ1) is 9.29. The topological polar surface area (TPSA) is 44.8 Å². The van der Waals surface area contributed by atoms with E-state index in [0.717, 1.165) is 5.56 Å². The van der Waals surface area contributed by atoms with Crippen molar-refractivity contribution >= 4 is 6.16 Å². The van der Waals surface area contributed by atoms with E-state index < -0.39 is 6.16 Å². The number of para-hydroxylation sites is 2. The van der Waals surface area contributed by atoms with Gasteiger partial charge in [0.2, 0.25) is 0 Å². The highest BCUT2D eigenvalue weighted by Gasteiger charge is 2.08. The highest BCUT2D eigenvalue weighted by atomic mass is 16.7. The number of rotatable bonds is 4. The Balaban J connectivity index is 1.90. The molecule has 0 aliphatic carbocycles. The van der Waals surface area contributed by atoms with Crippen LogP contribution in [0.25, 0.3) is 0 Å². The van der Waals surface area contributed by atoms with Crippen molar-refractivity contribution < 1.29 is 19.0 Å². The Morgan fingerprint density at radius 1 is 1.00 bits per heavy atom. The summed E-state index contributed by atoms with van der Waals surface area (Å²) < 4.78 is 15.2. The first-order valence-electron chi connectivity index (χ1n) is 5.81. The summed E-state index contributed by atoms with van der Waals surface area (Å²) in [6, 6.07) is 16.1. The van der Waals surface area contributed by atoms with E-state index in [4.69, 9.17) is 14.2 Å². The van der Waals surface area contributed by atoms with E-state index in [1.165, 1.54) is 0 Å². The molecular weight excluding hydrogens is 244 g/mol. The van der Waals surface area contributed by atoms with Crippen LogP contribution in [0.1, 0.15) is 5.56 Å². The largest absolute Gasteiger partial charge is 0.514 e. The second-order valence-corrected chi connectivity index (χ2v) is 3.77. The summed E-state index contributed by atoms with van der Waals surface area (Å²) in [5, 5.41) is 0. The molecule has 0 aliphatic heterocycles. The molecule has 2 aromatic carbocycles. The molecule has 4 nitrogen and oxygen atoms in total. The predicted molar refractivity (Wildman–Crippen MR) is 70.2 cm³/mol. The van der Waals surface area contributed by atoms with E-state index >= 15 is 0 Å². The summed E-state index contributed by atoms with van der Waals surface area (Å²) in [6.45, 7) is 0.107. The quantitative estimate of drug-likeness (QED) is 0.622. The Kier molecular flexibility index (Phi) is 4.39. The van der Waals surface area contributed by atoms with Gasteiger partial charge in [-0.3, -0.25) is 0 Å². The van der Waals surface area contributed by atoms with Gasteiger partial charge in [0, 0.05) is 5.56 Å². The molecule has 98 valence electrons. The molecule has 0 aliphatic rings. The minimum Gasteiger partial charge on any atom is -0.496 e. The standard InChI is InChI=1S/C15H14O4/c1-17-14-10-6-5-7-12(14)11-18-15(16)19-13-8-3-2-4-9-13/h2-10H,11H2,1H3. The van der Waals surface area contributed by atoms with Crippen molar-refractivity contribution in [2.75, 3.05) is 7.11 Å². The SMILES string of the molecule is COc1ccccc1COC(=O)Oc1ccccc1. The van der Waals surface area contributed by atoms with Gasteiger partial charge in [0.15, 0.2) is 0 Å². The summed E-state index contributed by atoms with van der Waals surface area (Å²) in [4.78, 5) is 11.5. The van der Waals surface area contributed by atoms with Crippen LogP contribution in [0.5, 0.6) is 11.5 Å². The second-order valence-electron chi connectivity index (χ2n) is 3.77. The minimum atomic E-state index is -0.739. The molecule has 0 N–H and O–H groups in total. The number of benzene rings is 2. The number of hydrogen-bond acceptors (Lipinski definition) is 4. The van der Waals surface area contributed by atoms with Crippen LogP contribution in [-0.2, 0) is 11.3 Å². The number of carbonyl (C=O) groups is 1. The average Bonchev–Trinajstić information content (AvgIpc) is 2.46. The third kappa shape index (κ3) is 3.74. The summed E-state index contributed by atoms with van der Waals surface area (Å²) in [6.07, 6.45) is -0.739. The van der Waals surface area contributed by atoms with Gasteiger partial charge in [-0.2, -0.15) is 0 Å². The molecule has 4 heteroatoms. The highest BCUT2D eigenvalue weighted by molar-refractivity contribution is 5.63. The Bertz CT molecular complexity index is 537. The third-order valence-electron chi connectivity index (χ3n) is 2.48. The molecule has 2 aromatic rings. The zero-order chi connectivity index (χ0) is 13.5.